The van der Waals surface area contributed by atoms with Gasteiger partial charge in [0.05, 0.1) is 23.8 Å². The van der Waals surface area contributed by atoms with Crippen molar-refractivity contribution < 1.29 is 14.6 Å². The van der Waals surface area contributed by atoms with Crippen molar-refractivity contribution in [3.63, 3.8) is 0 Å². The second-order valence-electron chi connectivity index (χ2n) is 5.10. The zero-order chi connectivity index (χ0) is 13.9. The molecule has 1 aliphatic rings. The first kappa shape index (κ1) is 13.6. The Labute approximate surface area is 112 Å². The Morgan fingerprint density at radius 3 is 2.89 bits per heavy atom. The Morgan fingerprint density at radius 2 is 2.37 bits per heavy atom. The van der Waals surface area contributed by atoms with Crippen LogP contribution in [0, 0.1) is 0 Å². The lowest BCUT2D eigenvalue weighted by Gasteiger charge is -2.43. The molecule has 0 saturated carbocycles. The molecule has 0 unspecified atom stereocenters. The third-order valence-electron chi connectivity index (χ3n) is 2.93. The van der Waals surface area contributed by atoms with Gasteiger partial charge in [-0.15, -0.1) is 0 Å². The van der Waals surface area contributed by atoms with E-state index in [4.69, 9.17) is 9.84 Å². The summed E-state index contributed by atoms with van der Waals surface area (Å²) in [5.41, 5.74) is 0.281. The van der Waals surface area contributed by atoms with Crippen LogP contribution in [0.3, 0.4) is 0 Å². The molecule has 0 aromatic carbocycles. The maximum atomic E-state index is 10.9. The third-order valence-corrected chi connectivity index (χ3v) is 2.93. The molecule has 0 spiro atoms. The SMILES string of the molecule is CC(C)Oc1ncccc1NC1(CC(=O)O)CNC1. The summed E-state index contributed by atoms with van der Waals surface area (Å²) in [4.78, 5) is 15.1. The van der Waals surface area contributed by atoms with Crippen LogP contribution in [0.4, 0.5) is 5.69 Å². The number of nitrogens with one attached hydrogen (secondary N) is 2. The van der Waals surface area contributed by atoms with Crippen molar-refractivity contribution in [2.24, 2.45) is 0 Å². The number of pyridine rings is 1. The molecule has 0 bridgehead atoms. The molecule has 1 aromatic heterocycles. The summed E-state index contributed by atoms with van der Waals surface area (Å²) in [5, 5.41) is 15.4. The number of hydrogen-bond acceptors (Lipinski definition) is 5. The minimum Gasteiger partial charge on any atom is -0.481 e. The molecule has 1 aromatic rings. The number of anilines is 1. The fourth-order valence-electron chi connectivity index (χ4n) is 2.06. The molecule has 1 saturated heterocycles. The van der Waals surface area contributed by atoms with Gasteiger partial charge in [0, 0.05) is 19.3 Å². The van der Waals surface area contributed by atoms with Gasteiger partial charge >= 0.3 is 5.97 Å². The predicted molar refractivity (Wildman–Crippen MR) is 71.5 cm³/mol. The molecule has 1 fully saturated rings. The Kier molecular flexibility index (Phi) is 3.90. The van der Waals surface area contributed by atoms with Crippen molar-refractivity contribution in [2.75, 3.05) is 18.4 Å². The van der Waals surface area contributed by atoms with Crippen LogP contribution in [0.5, 0.6) is 5.88 Å². The van der Waals surface area contributed by atoms with Crippen LogP contribution in [-0.4, -0.2) is 40.8 Å². The average Bonchev–Trinajstić information content (AvgIpc) is 2.27. The van der Waals surface area contributed by atoms with Gasteiger partial charge in [0.2, 0.25) is 5.88 Å². The van der Waals surface area contributed by atoms with Crippen molar-refractivity contribution in [2.45, 2.75) is 31.9 Å². The lowest BCUT2D eigenvalue weighted by molar-refractivity contribution is -0.138. The van der Waals surface area contributed by atoms with Crippen LogP contribution in [0.1, 0.15) is 20.3 Å². The number of rotatable bonds is 6. The molecule has 2 rings (SSSR count). The Bertz CT molecular complexity index is 458. The standard InChI is InChI=1S/C13H19N3O3/c1-9(2)19-12-10(4-3-5-15-12)16-13(6-11(17)18)7-14-8-13/h3-5,9,14,16H,6-8H2,1-2H3,(H,17,18). The first-order chi connectivity index (χ1) is 9.01. The molecule has 1 aliphatic heterocycles. The number of aromatic nitrogens is 1. The second-order valence-corrected chi connectivity index (χ2v) is 5.10. The highest BCUT2D eigenvalue weighted by atomic mass is 16.5. The van der Waals surface area contributed by atoms with Crippen LogP contribution in [0.25, 0.3) is 0 Å². The van der Waals surface area contributed by atoms with E-state index in [2.05, 4.69) is 15.6 Å². The average molecular weight is 265 g/mol. The summed E-state index contributed by atoms with van der Waals surface area (Å²) >= 11 is 0. The maximum Gasteiger partial charge on any atom is 0.305 e. The molecule has 0 atom stereocenters. The molecule has 6 heteroatoms. The van der Waals surface area contributed by atoms with Crippen molar-refractivity contribution >= 4 is 11.7 Å². The third kappa shape index (κ3) is 3.35. The van der Waals surface area contributed by atoms with Crippen molar-refractivity contribution in [1.82, 2.24) is 10.3 Å². The predicted octanol–water partition coefficient (Wildman–Crippen LogP) is 1.10. The lowest BCUT2D eigenvalue weighted by atomic mass is 9.88. The number of carbonyl (C=O) groups is 1. The maximum absolute atomic E-state index is 10.9. The van der Waals surface area contributed by atoms with Crippen LogP contribution in [0.2, 0.25) is 0 Å². The largest absolute Gasteiger partial charge is 0.481 e. The smallest absolute Gasteiger partial charge is 0.305 e. The van der Waals surface area contributed by atoms with Gasteiger partial charge < -0.3 is 20.5 Å². The quantitative estimate of drug-likeness (QED) is 0.714. The van der Waals surface area contributed by atoms with E-state index in [1.807, 2.05) is 19.9 Å². The summed E-state index contributed by atoms with van der Waals surface area (Å²) in [7, 11) is 0. The highest BCUT2D eigenvalue weighted by Crippen LogP contribution is 2.29. The summed E-state index contributed by atoms with van der Waals surface area (Å²) in [5.74, 6) is -0.307. The van der Waals surface area contributed by atoms with E-state index < -0.39 is 11.5 Å². The Balaban J connectivity index is 2.15. The van der Waals surface area contributed by atoms with Gasteiger partial charge in [-0.25, -0.2) is 4.98 Å². The first-order valence-electron chi connectivity index (χ1n) is 6.33. The topological polar surface area (TPSA) is 83.5 Å². The summed E-state index contributed by atoms with van der Waals surface area (Å²) < 4.78 is 5.62. The van der Waals surface area contributed by atoms with Gasteiger partial charge in [-0.3, -0.25) is 4.79 Å². The van der Waals surface area contributed by atoms with Gasteiger partial charge in [-0.2, -0.15) is 0 Å². The van der Waals surface area contributed by atoms with Crippen molar-refractivity contribution in [3.05, 3.63) is 18.3 Å². The molecule has 19 heavy (non-hydrogen) atoms. The summed E-state index contributed by atoms with van der Waals surface area (Å²) in [6, 6.07) is 3.66. The van der Waals surface area contributed by atoms with Gasteiger partial charge in [-0.1, -0.05) is 0 Å². The fourth-order valence-corrected chi connectivity index (χ4v) is 2.06. The highest BCUT2D eigenvalue weighted by molar-refractivity contribution is 5.70. The highest BCUT2D eigenvalue weighted by Gasteiger charge is 2.39. The Morgan fingerprint density at radius 1 is 1.63 bits per heavy atom. The van der Waals surface area contributed by atoms with Gasteiger partial charge in [0.1, 0.15) is 0 Å². The Hall–Kier alpha value is -1.82. The van der Waals surface area contributed by atoms with Gasteiger partial charge in [-0.05, 0) is 26.0 Å². The summed E-state index contributed by atoms with van der Waals surface area (Å²) in [6.45, 7) is 5.09. The number of nitrogens with zero attached hydrogens (tertiary/aromatic N) is 1. The number of ether oxygens (including phenoxy) is 1. The minimum absolute atomic E-state index is 0.0189. The van der Waals surface area contributed by atoms with E-state index in [0.29, 0.717) is 19.0 Å². The molecular formula is C13H19N3O3. The van der Waals surface area contributed by atoms with Crippen molar-refractivity contribution in [3.8, 4) is 5.88 Å². The number of carboxylic acids is 1. The molecule has 2 heterocycles. The normalized spacial score (nSPS) is 16.8. The zero-order valence-corrected chi connectivity index (χ0v) is 11.1. The van der Waals surface area contributed by atoms with E-state index >= 15 is 0 Å². The van der Waals surface area contributed by atoms with Crippen LogP contribution in [-0.2, 0) is 4.79 Å². The monoisotopic (exact) mass is 265 g/mol. The molecule has 6 nitrogen and oxygen atoms in total. The number of aliphatic carboxylic acids is 1. The number of hydrogen-bond donors (Lipinski definition) is 3. The molecule has 0 amide bonds. The molecular weight excluding hydrogens is 246 g/mol. The van der Waals surface area contributed by atoms with Crippen LogP contribution in [0.15, 0.2) is 18.3 Å². The van der Waals surface area contributed by atoms with Gasteiger partial charge in [0.25, 0.3) is 0 Å². The number of carboxylic acid groups (broad SMARTS) is 1. The van der Waals surface area contributed by atoms with E-state index in [-0.39, 0.29) is 12.5 Å². The molecule has 0 radical (unpaired) electrons. The summed E-state index contributed by atoms with van der Waals surface area (Å²) in [6.07, 6.45) is 1.74. The van der Waals surface area contributed by atoms with Crippen molar-refractivity contribution in [1.29, 1.82) is 0 Å². The van der Waals surface area contributed by atoms with E-state index in [0.717, 1.165) is 5.69 Å². The molecule has 3 N–H and O–H groups in total. The second kappa shape index (κ2) is 5.44. The van der Waals surface area contributed by atoms with E-state index in [9.17, 15) is 4.79 Å². The van der Waals surface area contributed by atoms with Gasteiger partial charge in [0.15, 0.2) is 0 Å². The lowest BCUT2D eigenvalue weighted by Crippen LogP contribution is -2.65. The minimum atomic E-state index is -0.816. The van der Waals surface area contributed by atoms with Crippen LogP contribution >= 0.6 is 0 Å². The first-order valence-corrected chi connectivity index (χ1v) is 6.33. The molecule has 0 aliphatic carbocycles. The van der Waals surface area contributed by atoms with Crippen LogP contribution < -0.4 is 15.4 Å². The molecule has 104 valence electrons. The van der Waals surface area contributed by atoms with E-state index in [1.54, 1.807) is 12.3 Å². The fraction of sp³-hybridized carbons (Fsp3) is 0.538. The van der Waals surface area contributed by atoms with E-state index in [1.165, 1.54) is 0 Å². The zero-order valence-electron chi connectivity index (χ0n) is 11.1.